The first-order valence-corrected chi connectivity index (χ1v) is 6.89. The molecule has 3 heteroatoms. The number of hydrogen-bond donors (Lipinski definition) is 0. The number of rotatable bonds is 4. The molecule has 0 bridgehead atoms. The molecule has 1 nitrogen and oxygen atoms in total. The van der Waals surface area contributed by atoms with E-state index in [0.717, 1.165) is 11.8 Å². The minimum Gasteiger partial charge on any atom is -0.250 e. The zero-order valence-electron chi connectivity index (χ0n) is 8.27. The van der Waals surface area contributed by atoms with Gasteiger partial charge in [-0.05, 0) is 11.5 Å². The molecule has 1 heterocycles. The second-order valence-electron chi connectivity index (χ2n) is 3.39. The van der Waals surface area contributed by atoms with Crippen LogP contribution < -0.4 is 0 Å². The molecule has 0 radical (unpaired) electrons. The smallest absolute Gasteiger partial charge is 0.0931 e. The van der Waals surface area contributed by atoms with Crippen LogP contribution in [0, 0.1) is 0 Å². The van der Waals surface area contributed by atoms with Gasteiger partial charge in [0.15, 0.2) is 0 Å². The number of aromatic nitrogens is 1. The van der Waals surface area contributed by atoms with Crippen LogP contribution in [0.25, 0.3) is 0 Å². The molecule has 1 unspecified atom stereocenters. The maximum Gasteiger partial charge on any atom is 0.0931 e. The largest absolute Gasteiger partial charge is 0.250 e. The standard InChI is InChI=1S/C12H12BrNS/c13-9-11(8-12-14-6-7-15-12)10-4-2-1-3-5-10/h1-7,11H,8-9H2. The van der Waals surface area contributed by atoms with Crippen molar-refractivity contribution in [2.24, 2.45) is 0 Å². The van der Waals surface area contributed by atoms with Crippen molar-refractivity contribution in [3.05, 3.63) is 52.5 Å². The van der Waals surface area contributed by atoms with Gasteiger partial charge in [-0.15, -0.1) is 11.3 Å². The topological polar surface area (TPSA) is 12.9 Å². The highest BCUT2D eigenvalue weighted by molar-refractivity contribution is 9.09. The summed E-state index contributed by atoms with van der Waals surface area (Å²) >= 11 is 5.30. The summed E-state index contributed by atoms with van der Waals surface area (Å²) in [7, 11) is 0. The molecule has 0 amide bonds. The molecule has 0 aliphatic carbocycles. The number of hydrogen-bond acceptors (Lipinski definition) is 2. The number of alkyl halides is 1. The van der Waals surface area contributed by atoms with Crippen molar-refractivity contribution < 1.29 is 0 Å². The number of nitrogens with zero attached hydrogens (tertiary/aromatic N) is 1. The summed E-state index contributed by atoms with van der Waals surface area (Å²) in [5.74, 6) is 0.525. The maximum absolute atomic E-state index is 4.33. The first-order valence-electron chi connectivity index (χ1n) is 4.89. The molecule has 0 saturated carbocycles. The van der Waals surface area contributed by atoms with Crippen LogP contribution in [0.2, 0.25) is 0 Å². The highest BCUT2D eigenvalue weighted by Crippen LogP contribution is 2.23. The zero-order valence-corrected chi connectivity index (χ0v) is 10.7. The molecule has 2 aromatic rings. The summed E-state index contributed by atoms with van der Waals surface area (Å²) in [5.41, 5.74) is 1.38. The molecule has 0 fully saturated rings. The molecule has 15 heavy (non-hydrogen) atoms. The van der Waals surface area contributed by atoms with Crippen molar-refractivity contribution in [2.45, 2.75) is 12.3 Å². The van der Waals surface area contributed by atoms with E-state index < -0.39 is 0 Å². The Morgan fingerprint density at radius 2 is 2.07 bits per heavy atom. The van der Waals surface area contributed by atoms with E-state index in [4.69, 9.17) is 0 Å². The van der Waals surface area contributed by atoms with Gasteiger partial charge in [0.25, 0.3) is 0 Å². The summed E-state index contributed by atoms with van der Waals surface area (Å²) in [6.45, 7) is 0. The van der Waals surface area contributed by atoms with Gasteiger partial charge in [0.1, 0.15) is 0 Å². The van der Waals surface area contributed by atoms with Gasteiger partial charge in [-0.25, -0.2) is 4.98 Å². The molecule has 0 aliphatic heterocycles. The van der Waals surface area contributed by atoms with Crippen LogP contribution in [0.5, 0.6) is 0 Å². The van der Waals surface area contributed by atoms with E-state index in [1.54, 1.807) is 11.3 Å². The van der Waals surface area contributed by atoms with Gasteiger partial charge < -0.3 is 0 Å². The van der Waals surface area contributed by atoms with Crippen LogP contribution in [-0.4, -0.2) is 10.3 Å². The van der Waals surface area contributed by atoms with Crippen LogP contribution in [0.15, 0.2) is 41.9 Å². The summed E-state index contributed by atoms with van der Waals surface area (Å²) < 4.78 is 0. The fraction of sp³-hybridized carbons (Fsp3) is 0.250. The summed E-state index contributed by atoms with van der Waals surface area (Å²) in [4.78, 5) is 4.33. The predicted octanol–water partition coefficient (Wildman–Crippen LogP) is 3.86. The molecule has 0 spiro atoms. The number of thiazole rings is 1. The lowest BCUT2D eigenvalue weighted by Crippen LogP contribution is -2.03. The third-order valence-corrected chi connectivity index (χ3v) is 3.95. The molecule has 1 atom stereocenters. The van der Waals surface area contributed by atoms with E-state index in [1.807, 2.05) is 11.6 Å². The molecular formula is C12H12BrNS. The molecule has 1 aromatic carbocycles. The van der Waals surface area contributed by atoms with Crippen molar-refractivity contribution in [3.63, 3.8) is 0 Å². The molecule has 0 N–H and O–H groups in total. The first kappa shape index (κ1) is 10.8. The van der Waals surface area contributed by atoms with Gasteiger partial charge in [0.2, 0.25) is 0 Å². The predicted molar refractivity (Wildman–Crippen MR) is 68.8 cm³/mol. The lowest BCUT2D eigenvalue weighted by molar-refractivity contribution is 0.770. The van der Waals surface area contributed by atoms with Gasteiger partial charge in [-0.2, -0.15) is 0 Å². The summed E-state index contributed by atoms with van der Waals surface area (Å²) in [6, 6.07) is 10.6. The van der Waals surface area contributed by atoms with Gasteiger partial charge >= 0.3 is 0 Å². The quantitative estimate of drug-likeness (QED) is 0.776. The fourth-order valence-corrected chi connectivity index (χ4v) is 2.85. The second-order valence-corrected chi connectivity index (χ2v) is 5.02. The Morgan fingerprint density at radius 3 is 2.67 bits per heavy atom. The van der Waals surface area contributed by atoms with E-state index in [0.29, 0.717) is 5.92 Å². The molecule has 0 aliphatic rings. The maximum atomic E-state index is 4.33. The van der Waals surface area contributed by atoms with Crippen LogP contribution >= 0.6 is 27.3 Å². The lowest BCUT2D eigenvalue weighted by Gasteiger charge is -2.12. The van der Waals surface area contributed by atoms with E-state index >= 15 is 0 Å². The van der Waals surface area contributed by atoms with Crippen molar-refractivity contribution in [1.82, 2.24) is 4.98 Å². The van der Waals surface area contributed by atoms with Gasteiger partial charge in [-0.1, -0.05) is 46.3 Å². The van der Waals surface area contributed by atoms with Crippen LogP contribution in [0.3, 0.4) is 0 Å². The van der Waals surface area contributed by atoms with Crippen molar-refractivity contribution in [2.75, 3.05) is 5.33 Å². The Labute approximate surface area is 102 Å². The Morgan fingerprint density at radius 1 is 1.27 bits per heavy atom. The highest BCUT2D eigenvalue weighted by atomic mass is 79.9. The van der Waals surface area contributed by atoms with Crippen LogP contribution in [-0.2, 0) is 6.42 Å². The second kappa shape index (κ2) is 5.42. The van der Waals surface area contributed by atoms with E-state index in [-0.39, 0.29) is 0 Å². The average Bonchev–Trinajstić information content (AvgIpc) is 2.80. The molecule has 78 valence electrons. The van der Waals surface area contributed by atoms with E-state index in [1.165, 1.54) is 10.6 Å². The van der Waals surface area contributed by atoms with Crippen molar-refractivity contribution >= 4 is 27.3 Å². The van der Waals surface area contributed by atoms with E-state index in [2.05, 4.69) is 51.2 Å². The fourth-order valence-electron chi connectivity index (χ4n) is 1.55. The summed E-state index contributed by atoms with van der Waals surface area (Å²) in [5, 5.41) is 4.23. The van der Waals surface area contributed by atoms with Gasteiger partial charge in [0.05, 0.1) is 5.01 Å². The van der Waals surface area contributed by atoms with E-state index in [9.17, 15) is 0 Å². The van der Waals surface area contributed by atoms with Crippen LogP contribution in [0.4, 0.5) is 0 Å². The Kier molecular flexibility index (Phi) is 3.92. The zero-order chi connectivity index (χ0) is 10.5. The molecule has 1 aromatic heterocycles. The average molecular weight is 282 g/mol. The Bertz CT molecular complexity index is 385. The number of benzene rings is 1. The molecule has 2 rings (SSSR count). The summed E-state index contributed by atoms with van der Waals surface area (Å²) in [6.07, 6.45) is 2.89. The van der Waals surface area contributed by atoms with Crippen molar-refractivity contribution in [3.8, 4) is 0 Å². The SMILES string of the molecule is BrCC(Cc1nccs1)c1ccccc1. The van der Waals surface area contributed by atoms with Crippen molar-refractivity contribution in [1.29, 1.82) is 0 Å². The first-order chi connectivity index (χ1) is 7.40. The van der Waals surface area contributed by atoms with Crippen LogP contribution in [0.1, 0.15) is 16.5 Å². The normalized spacial score (nSPS) is 12.6. The monoisotopic (exact) mass is 281 g/mol. The third kappa shape index (κ3) is 2.89. The van der Waals surface area contributed by atoms with Gasteiger partial charge in [-0.3, -0.25) is 0 Å². The highest BCUT2D eigenvalue weighted by Gasteiger charge is 2.11. The minimum atomic E-state index is 0.525. The van der Waals surface area contributed by atoms with Gasteiger partial charge in [0, 0.05) is 23.3 Å². The minimum absolute atomic E-state index is 0.525. The lowest BCUT2D eigenvalue weighted by atomic mass is 9.98. The number of halogens is 1. The molecule has 0 saturated heterocycles. The Balaban J connectivity index is 2.12. The molecular weight excluding hydrogens is 270 g/mol. The third-order valence-electron chi connectivity index (χ3n) is 2.36. The Hall–Kier alpha value is -0.670.